The van der Waals surface area contributed by atoms with Crippen LogP contribution in [0.25, 0.3) is 0 Å². The molecule has 3 heteroatoms. The van der Waals surface area contributed by atoms with E-state index in [0.717, 1.165) is 11.9 Å². The lowest BCUT2D eigenvalue weighted by molar-refractivity contribution is 1.15. The average molecular weight is 247 g/mol. The van der Waals surface area contributed by atoms with Crippen molar-refractivity contribution in [2.24, 2.45) is 0 Å². The predicted molar refractivity (Wildman–Crippen MR) is 75.6 cm³/mol. The molecule has 0 N–H and O–H groups in total. The first-order valence-electron chi connectivity index (χ1n) is 5.61. The lowest BCUT2D eigenvalue weighted by Crippen LogP contribution is -2.22. The summed E-state index contributed by atoms with van der Waals surface area (Å²) < 4.78 is 0. The Morgan fingerprint density at radius 2 is 1.47 bits per heavy atom. The van der Waals surface area contributed by atoms with E-state index >= 15 is 0 Å². The molecule has 0 heterocycles. The fourth-order valence-electron chi connectivity index (χ4n) is 1.07. The Labute approximate surface area is 105 Å². The van der Waals surface area contributed by atoms with E-state index in [9.17, 15) is 0 Å². The summed E-state index contributed by atoms with van der Waals surface area (Å²) in [6, 6.07) is 7.96. The van der Waals surface area contributed by atoms with Crippen molar-refractivity contribution in [1.29, 1.82) is 0 Å². The summed E-state index contributed by atoms with van der Waals surface area (Å²) in [5, 5.41) is 0. The molecule has 0 aromatic heterocycles. The van der Waals surface area contributed by atoms with Crippen LogP contribution < -0.4 is 5.46 Å². The van der Waals surface area contributed by atoms with E-state index in [1.807, 2.05) is 52.0 Å². The molecule has 0 aliphatic heterocycles. The highest BCUT2D eigenvalue weighted by atomic mass is 35.5. The van der Waals surface area contributed by atoms with E-state index < -0.39 is 5.54 Å². The number of rotatable bonds is 2. The van der Waals surface area contributed by atoms with Crippen LogP contribution in [-0.4, -0.2) is 5.54 Å². The summed E-state index contributed by atoms with van der Waals surface area (Å²) in [4.78, 5) is 0. The van der Waals surface area contributed by atoms with Gasteiger partial charge in [-0.25, -0.2) is 0 Å². The maximum atomic E-state index is 5.75. The van der Waals surface area contributed by atoms with Crippen LogP contribution in [0, 0.1) is 0 Å². The van der Waals surface area contributed by atoms with Crippen LogP contribution in [0.3, 0.4) is 0 Å². The molecule has 0 nitrogen and oxygen atoms in total. The highest BCUT2D eigenvalue weighted by Gasteiger charge is 2.11. The number of hydrogen-bond donors (Lipinski definition) is 0. The minimum atomic E-state index is -0.397. The van der Waals surface area contributed by atoms with Gasteiger partial charge in [0.05, 0.1) is 0 Å². The lowest BCUT2D eigenvalue weighted by Gasteiger charge is -2.04. The molecule has 0 bridgehead atoms. The van der Waals surface area contributed by atoms with Crippen LogP contribution in [0.2, 0.25) is 0 Å². The summed E-state index contributed by atoms with van der Waals surface area (Å²) in [6.07, 6.45) is 0.978. The summed E-state index contributed by atoms with van der Waals surface area (Å²) in [6.45, 7) is 10.1. The predicted octanol–water partition coefficient (Wildman–Crippen LogP) is 4.47. The van der Waals surface area contributed by atoms with E-state index in [0.29, 0.717) is 0 Å². The van der Waals surface area contributed by atoms with Crippen molar-refractivity contribution in [3.8, 4) is 0 Å². The normalized spacial score (nSPS) is 7.93. The Hall–Kier alpha value is -0.135. The molecule has 0 saturated carbocycles. The zero-order valence-corrected chi connectivity index (χ0v) is 11.9. The Balaban J connectivity index is 0. The van der Waals surface area contributed by atoms with Crippen molar-refractivity contribution < 1.29 is 0 Å². The molecule has 0 fully saturated rings. The maximum absolute atomic E-state index is 5.75. The first-order chi connectivity index (χ1) is 7.25. The smallest absolute Gasteiger partial charge is 0.165 e. The number of halogens is 2. The first-order valence-corrected chi connectivity index (χ1v) is 6.49. The molecule has 0 aliphatic rings. The minimum Gasteiger partial charge on any atom is -0.165 e. The van der Waals surface area contributed by atoms with Crippen molar-refractivity contribution in [2.75, 3.05) is 0 Å². The molecule has 0 radical (unpaired) electrons. The third kappa shape index (κ3) is 6.86. The first kappa shape index (κ1) is 17.3. The zero-order valence-electron chi connectivity index (χ0n) is 10.3. The molecule has 0 saturated heterocycles. The molecule has 0 unspecified atom stereocenters. The third-order valence-corrected chi connectivity index (χ3v) is 2.14. The third-order valence-electron chi connectivity index (χ3n) is 1.67. The fourth-order valence-corrected chi connectivity index (χ4v) is 1.49. The second kappa shape index (κ2) is 11.9. The monoisotopic (exact) mass is 246 g/mol. The summed E-state index contributed by atoms with van der Waals surface area (Å²) in [7, 11) is 0. The second-order valence-corrected chi connectivity index (χ2v) is 3.45. The Kier molecular flexibility index (Phi) is 13.7. The van der Waals surface area contributed by atoms with Gasteiger partial charge < -0.3 is 0 Å². The maximum Gasteiger partial charge on any atom is 0.383 e. The highest BCUT2D eigenvalue weighted by Crippen LogP contribution is 2.04. The second-order valence-electron chi connectivity index (χ2n) is 2.35. The van der Waals surface area contributed by atoms with Crippen molar-refractivity contribution in [2.45, 2.75) is 41.0 Å². The summed E-state index contributed by atoms with van der Waals surface area (Å²) in [5.41, 5.74) is 1.85. The summed E-state index contributed by atoms with van der Waals surface area (Å²) in [5.74, 6) is 0. The van der Waals surface area contributed by atoms with Crippen LogP contribution in [-0.2, 0) is 6.42 Å². The minimum absolute atomic E-state index is 0.397. The van der Waals surface area contributed by atoms with Gasteiger partial charge in [-0.15, -0.1) is 0 Å². The van der Waals surface area contributed by atoms with Gasteiger partial charge in [-0.1, -0.05) is 64.4 Å². The van der Waals surface area contributed by atoms with Crippen LogP contribution in [0.1, 0.15) is 40.2 Å². The Morgan fingerprint density at radius 3 is 1.80 bits per heavy atom. The van der Waals surface area contributed by atoms with Gasteiger partial charge in [0, 0.05) is 0 Å². The summed E-state index contributed by atoms with van der Waals surface area (Å²) >= 11 is 11.5. The van der Waals surface area contributed by atoms with Gasteiger partial charge >= 0.3 is 5.54 Å². The topological polar surface area (TPSA) is 0 Å². The molecule has 0 spiro atoms. The highest BCUT2D eigenvalue weighted by molar-refractivity contribution is 7.39. The molecule has 1 rings (SSSR count). The standard InChI is InChI=1S/C8H9BCl2.2C2H6/c1-2-7-5-3-4-6-8(7)9(10)11;2*1-2/h3-6H,2H2,1H3;2*1-2H3. The molecule has 1 aromatic carbocycles. The fraction of sp³-hybridized carbons (Fsp3) is 0.500. The SMILES string of the molecule is CC.CC.CCc1ccccc1B(Cl)Cl. The molecule has 0 amide bonds. The van der Waals surface area contributed by atoms with Crippen LogP contribution in [0.5, 0.6) is 0 Å². The van der Waals surface area contributed by atoms with Gasteiger partial charge in [-0.3, -0.25) is 0 Å². The molecule has 1 aromatic rings. The molecular weight excluding hydrogens is 226 g/mol. The zero-order chi connectivity index (χ0) is 12.3. The largest absolute Gasteiger partial charge is 0.383 e. The van der Waals surface area contributed by atoms with Crippen LogP contribution in [0.15, 0.2) is 24.3 Å². The molecule has 0 atom stereocenters. The number of aryl methyl sites for hydroxylation is 1. The van der Waals surface area contributed by atoms with E-state index in [1.54, 1.807) is 0 Å². The van der Waals surface area contributed by atoms with Crippen LogP contribution in [0.4, 0.5) is 0 Å². The van der Waals surface area contributed by atoms with Crippen LogP contribution >= 0.6 is 22.9 Å². The van der Waals surface area contributed by atoms with Crippen molar-refractivity contribution >= 4 is 33.9 Å². The lowest BCUT2D eigenvalue weighted by atomic mass is 9.87. The quantitative estimate of drug-likeness (QED) is 0.676. The van der Waals surface area contributed by atoms with Gasteiger partial charge in [0.15, 0.2) is 0 Å². The van der Waals surface area contributed by atoms with Crippen molar-refractivity contribution in [1.82, 2.24) is 0 Å². The van der Waals surface area contributed by atoms with E-state index in [1.165, 1.54) is 5.56 Å². The molecule has 0 aliphatic carbocycles. The van der Waals surface area contributed by atoms with Gasteiger partial charge in [-0.05, 0) is 11.9 Å². The molecule has 15 heavy (non-hydrogen) atoms. The van der Waals surface area contributed by atoms with Gasteiger partial charge in [0.25, 0.3) is 0 Å². The van der Waals surface area contributed by atoms with Crippen molar-refractivity contribution in [3.63, 3.8) is 0 Å². The van der Waals surface area contributed by atoms with Crippen molar-refractivity contribution in [3.05, 3.63) is 29.8 Å². The average Bonchev–Trinajstić information content (AvgIpc) is 2.34. The van der Waals surface area contributed by atoms with E-state index in [-0.39, 0.29) is 0 Å². The van der Waals surface area contributed by atoms with E-state index in [2.05, 4.69) is 6.92 Å². The van der Waals surface area contributed by atoms with Gasteiger partial charge in [0.2, 0.25) is 0 Å². The Morgan fingerprint density at radius 1 is 1.00 bits per heavy atom. The Bertz CT molecular complexity index is 237. The number of benzene rings is 1. The van der Waals surface area contributed by atoms with E-state index in [4.69, 9.17) is 22.9 Å². The van der Waals surface area contributed by atoms with Gasteiger partial charge in [0.1, 0.15) is 0 Å². The van der Waals surface area contributed by atoms with Gasteiger partial charge in [-0.2, -0.15) is 22.9 Å². The number of hydrogen-bond acceptors (Lipinski definition) is 0. The molecular formula is C12H21BCl2. The molecule has 86 valence electrons.